The molecule has 100 valence electrons. The fourth-order valence-corrected chi connectivity index (χ4v) is 2.04. The third kappa shape index (κ3) is 3.35. The number of unbranched alkanes of at least 4 members (excludes halogenated alkanes) is 1. The van der Waals surface area contributed by atoms with Gasteiger partial charge in [-0.05, 0) is 18.6 Å². The number of para-hydroxylation sites is 1. The van der Waals surface area contributed by atoms with E-state index in [0.29, 0.717) is 10.8 Å². The zero-order chi connectivity index (χ0) is 13.7. The first kappa shape index (κ1) is 13.6. The van der Waals surface area contributed by atoms with Crippen LogP contribution in [0.4, 0.5) is 17.5 Å². The van der Waals surface area contributed by atoms with Crippen LogP contribution in [-0.2, 0) is 0 Å². The van der Waals surface area contributed by atoms with E-state index in [0.717, 1.165) is 25.1 Å². The fourth-order valence-electron chi connectivity index (χ4n) is 1.84. The number of nitrogens with two attached hydrogens (primary N) is 1. The molecule has 2 rings (SSSR count). The number of nitrogens with zero attached hydrogens (tertiary/aromatic N) is 3. The van der Waals surface area contributed by atoms with Gasteiger partial charge in [0.2, 0.25) is 5.95 Å². The van der Waals surface area contributed by atoms with Gasteiger partial charge in [-0.3, -0.25) is 0 Å². The van der Waals surface area contributed by atoms with Gasteiger partial charge in [-0.2, -0.15) is 4.98 Å². The Kier molecular flexibility index (Phi) is 4.58. The van der Waals surface area contributed by atoms with Crippen LogP contribution in [0.2, 0.25) is 5.02 Å². The maximum atomic E-state index is 6.20. The predicted molar refractivity (Wildman–Crippen MR) is 79.8 cm³/mol. The van der Waals surface area contributed by atoms with Crippen LogP contribution in [0.15, 0.2) is 36.5 Å². The topological polar surface area (TPSA) is 55.0 Å². The van der Waals surface area contributed by atoms with Crippen LogP contribution in [0.25, 0.3) is 0 Å². The Hall–Kier alpha value is -1.81. The fraction of sp³-hybridized carbons (Fsp3) is 0.286. The highest BCUT2D eigenvalue weighted by molar-refractivity contribution is 6.33. The number of nitrogen functional groups attached to an aromatic ring is 1. The Labute approximate surface area is 118 Å². The summed E-state index contributed by atoms with van der Waals surface area (Å²) in [5.74, 6) is 0.894. The molecule has 0 bridgehead atoms. The van der Waals surface area contributed by atoms with Crippen molar-refractivity contribution in [3.63, 3.8) is 0 Å². The minimum absolute atomic E-state index is 0.233. The molecule has 0 atom stereocenters. The maximum Gasteiger partial charge on any atom is 0.222 e. The molecule has 1 aromatic carbocycles. The van der Waals surface area contributed by atoms with Crippen molar-refractivity contribution in [2.24, 2.45) is 0 Å². The Morgan fingerprint density at radius 2 is 2.00 bits per heavy atom. The molecule has 0 radical (unpaired) electrons. The number of hydrogen-bond acceptors (Lipinski definition) is 4. The molecule has 1 aromatic heterocycles. The molecular formula is C14H17ClN4. The molecule has 4 nitrogen and oxygen atoms in total. The van der Waals surface area contributed by atoms with Gasteiger partial charge >= 0.3 is 0 Å². The van der Waals surface area contributed by atoms with Gasteiger partial charge in [-0.25, -0.2) is 4.98 Å². The van der Waals surface area contributed by atoms with E-state index >= 15 is 0 Å². The van der Waals surface area contributed by atoms with Crippen LogP contribution in [0.3, 0.4) is 0 Å². The molecule has 0 fully saturated rings. The van der Waals surface area contributed by atoms with Crippen molar-refractivity contribution in [1.82, 2.24) is 9.97 Å². The molecular weight excluding hydrogens is 260 g/mol. The van der Waals surface area contributed by atoms with Gasteiger partial charge in [0.15, 0.2) is 5.82 Å². The number of hydrogen-bond donors (Lipinski definition) is 1. The number of anilines is 3. The SMILES string of the molecule is CCCCN(c1ccccc1)c1nc(N)ncc1Cl. The van der Waals surface area contributed by atoms with Gasteiger partial charge in [-0.1, -0.05) is 43.1 Å². The molecule has 0 spiro atoms. The number of halogens is 1. The Bertz CT molecular complexity index is 530. The molecule has 0 aliphatic carbocycles. The van der Waals surface area contributed by atoms with Gasteiger partial charge in [0.1, 0.15) is 5.02 Å². The van der Waals surface area contributed by atoms with E-state index in [1.807, 2.05) is 30.3 Å². The zero-order valence-corrected chi connectivity index (χ0v) is 11.6. The quantitative estimate of drug-likeness (QED) is 0.906. The smallest absolute Gasteiger partial charge is 0.222 e. The molecule has 0 aliphatic rings. The lowest BCUT2D eigenvalue weighted by molar-refractivity contribution is 0.779. The molecule has 5 heteroatoms. The Morgan fingerprint density at radius 1 is 1.26 bits per heavy atom. The van der Waals surface area contributed by atoms with Gasteiger partial charge in [-0.15, -0.1) is 0 Å². The zero-order valence-electron chi connectivity index (χ0n) is 10.9. The van der Waals surface area contributed by atoms with Crippen molar-refractivity contribution >= 4 is 29.1 Å². The molecule has 19 heavy (non-hydrogen) atoms. The average molecular weight is 277 g/mol. The highest BCUT2D eigenvalue weighted by Gasteiger charge is 2.14. The average Bonchev–Trinajstić information content (AvgIpc) is 2.44. The van der Waals surface area contributed by atoms with Gasteiger partial charge in [0.25, 0.3) is 0 Å². The second kappa shape index (κ2) is 6.38. The van der Waals surface area contributed by atoms with Crippen molar-refractivity contribution in [3.05, 3.63) is 41.6 Å². The van der Waals surface area contributed by atoms with Crippen molar-refractivity contribution in [3.8, 4) is 0 Å². The van der Waals surface area contributed by atoms with Gasteiger partial charge < -0.3 is 10.6 Å². The highest BCUT2D eigenvalue weighted by atomic mass is 35.5. The molecule has 2 aromatic rings. The van der Waals surface area contributed by atoms with Crippen molar-refractivity contribution in [2.75, 3.05) is 17.2 Å². The van der Waals surface area contributed by atoms with E-state index in [9.17, 15) is 0 Å². The van der Waals surface area contributed by atoms with E-state index < -0.39 is 0 Å². The van der Waals surface area contributed by atoms with Crippen LogP contribution in [-0.4, -0.2) is 16.5 Å². The van der Waals surface area contributed by atoms with E-state index in [1.165, 1.54) is 0 Å². The van der Waals surface area contributed by atoms with E-state index in [-0.39, 0.29) is 5.95 Å². The lowest BCUT2D eigenvalue weighted by atomic mass is 10.2. The summed E-state index contributed by atoms with van der Waals surface area (Å²) in [7, 11) is 0. The van der Waals surface area contributed by atoms with E-state index in [2.05, 4.69) is 21.8 Å². The molecule has 1 heterocycles. The highest BCUT2D eigenvalue weighted by Crippen LogP contribution is 2.30. The monoisotopic (exact) mass is 276 g/mol. The summed E-state index contributed by atoms with van der Waals surface area (Å²) in [6.07, 6.45) is 3.69. The van der Waals surface area contributed by atoms with E-state index in [4.69, 9.17) is 17.3 Å². The normalized spacial score (nSPS) is 10.4. The lowest BCUT2D eigenvalue weighted by Gasteiger charge is -2.24. The first-order valence-electron chi connectivity index (χ1n) is 6.33. The van der Waals surface area contributed by atoms with Crippen LogP contribution < -0.4 is 10.6 Å². The first-order valence-corrected chi connectivity index (χ1v) is 6.70. The molecule has 0 amide bonds. The second-order valence-corrected chi connectivity index (χ2v) is 4.65. The van der Waals surface area contributed by atoms with Crippen molar-refractivity contribution in [2.45, 2.75) is 19.8 Å². The molecule has 0 aliphatic heterocycles. The Morgan fingerprint density at radius 3 is 2.68 bits per heavy atom. The maximum absolute atomic E-state index is 6.20. The summed E-state index contributed by atoms with van der Waals surface area (Å²) in [4.78, 5) is 10.2. The van der Waals surface area contributed by atoms with Crippen molar-refractivity contribution in [1.29, 1.82) is 0 Å². The lowest BCUT2D eigenvalue weighted by Crippen LogP contribution is -2.20. The molecule has 0 unspecified atom stereocenters. The van der Waals surface area contributed by atoms with Crippen molar-refractivity contribution < 1.29 is 0 Å². The Balaban J connectivity index is 2.40. The number of rotatable bonds is 5. The molecule has 0 saturated carbocycles. The van der Waals surface area contributed by atoms with Gasteiger partial charge in [0, 0.05) is 12.2 Å². The number of benzene rings is 1. The van der Waals surface area contributed by atoms with Gasteiger partial charge in [0.05, 0.1) is 6.20 Å². The van der Waals surface area contributed by atoms with Crippen LogP contribution in [0.5, 0.6) is 0 Å². The second-order valence-electron chi connectivity index (χ2n) is 4.24. The summed E-state index contributed by atoms with van der Waals surface area (Å²) < 4.78 is 0. The summed E-state index contributed by atoms with van der Waals surface area (Å²) in [5, 5.41) is 0.508. The molecule has 2 N–H and O–H groups in total. The summed E-state index contributed by atoms with van der Waals surface area (Å²) >= 11 is 6.20. The minimum atomic E-state index is 0.233. The third-order valence-corrected chi connectivity index (χ3v) is 3.07. The summed E-state index contributed by atoms with van der Waals surface area (Å²) in [6, 6.07) is 10.0. The minimum Gasteiger partial charge on any atom is -0.368 e. The largest absolute Gasteiger partial charge is 0.368 e. The predicted octanol–water partition coefficient (Wildman–Crippen LogP) is 3.65. The standard InChI is InChI=1S/C14H17ClN4/c1-2-3-9-19(11-7-5-4-6-8-11)13-12(15)10-17-14(16)18-13/h4-8,10H,2-3,9H2,1H3,(H2,16,17,18). The summed E-state index contributed by atoms with van der Waals surface area (Å²) in [6.45, 7) is 3.00. The number of aromatic nitrogens is 2. The first-order chi connectivity index (χ1) is 9.22. The molecule has 0 saturated heterocycles. The third-order valence-electron chi connectivity index (χ3n) is 2.80. The van der Waals surface area contributed by atoms with E-state index in [1.54, 1.807) is 6.20 Å². The van der Waals surface area contributed by atoms with Crippen LogP contribution >= 0.6 is 11.6 Å². The van der Waals surface area contributed by atoms with Crippen LogP contribution in [0.1, 0.15) is 19.8 Å². The summed E-state index contributed by atoms with van der Waals surface area (Å²) in [5.41, 5.74) is 6.72. The van der Waals surface area contributed by atoms with Crippen LogP contribution in [0, 0.1) is 0 Å².